The number of likely N-dealkylation sites (tertiary alicyclic amines) is 1. The number of hydrogen-bond donors (Lipinski definition) is 1. The number of carbonyl (C=O) groups is 2. The topological polar surface area (TPSA) is 66.8 Å². The summed E-state index contributed by atoms with van der Waals surface area (Å²) in [6.45, 7) is 3.73. The monoisotopic (exact) mass is 291 g/mol. The van der Waals surface area contributed by atoms with Crippen molar-refractivity contribution in [1.82, 2.24) is 4.90 Å². The lowest BCUT2D eigenvalue weighted by Gasteiger charge is -2.42. The van der Waals surface area contributed by atoms with Crippen LogP contribution in [-0.4, -0.2) is 40.1 Å². The van der Waals surface area contributed by atoms with Crippen LogP contribution in [0, 0.1) is 0 Å². The predicted octanol–water partition coefficient (Wildman–Crippen LogP) is 2.31. The number of carbonyl (C=O) groups excluding carboxylic acids is 1. The fourth-order valence-electron chi connectivity index (χ4n) is 2.67. The average molecular weight is 291 g/mol. The minimum Gasteiger partial charge on any atom is -0.481 e. The van der Waals surface area contributed by atoms with Crippen molar-refractivity contribution in [2.24, 2.45) is 0 Å². The predicted molar refractivity (Wildman–Crippen MR) is 78.1 cm³/mol. The number of carboxylic acids is 1. The van der Waals surface area contributed by atoms with E-state index in [-0.39, 0.29) is 5.91 Å². The van der Waals surface area contributed by atoms with Gasteiger partial charge in [-0.2, -0.15) is 0 Å². The van der Waals surface area contributed by atoms with Crippen molar-refractivity contribution in [2.75, 3.05) is 6.54 Å². The van der Waals surface area contributed by atoms with Crippen molar-refractivity contribution in [3.8, 4) is 5.75 Å². The van der Waals surface area contributed by atoms with Crippen LogP contribution in [0.2, 0.25) is 0 Å². The van der Waals surface area contributed by atoms with Crippen LogP contribution in [0.4, 0.5) is 0 Å². The number of aliphatic carboxylic acids is 1. The summed E-state index contributed by atoms with van der Waals surface area (Å²) in [6, 6.07) is 9.07. The van der Waals surface area contributed by atoms with Crippen LogP contribution in [0.1, 0.15) is 33.1 Å². The zero-order valence-corrected chi connectivity index (χ0v) is 12.4. The number of para-hydroxylation sites is 1. The van der Waals surface area contributed by atoms with E-state index in [1.807, 2.05) is 18.2 Å². The largest absolute Gasteiger partial charge is 0.481 e. The van der Waals surface area contributed by atoms with Gasteiger partial charge >= 0.3 is 5.97 Å². The van der Waals surface area contributed by atoms with Crippen molar-refractivity contribution >= 4 is 11.9 Å². The first-order valence-corrected chi connectivity index (χ1v) is 7.22. The van der Waals surface area contributed by atoms with E-state index in [4.69, 9.17) is 4.74 Å². The lowest BCUT2D eigenvalue weighted by Crippen LogP contribution is -2.60. The molecule has 1 heterocycles. The van der Waals surface area contributed by atoms with Gasteiger partial charge in [0.2, 0.25) is 0 Å². The normalized spacial score (nSPS) is 23.4. The van der Waals surface area contributed by atoms with Gasteiger partial charge in [-0.3, -0.25) is 4.79 Å². The molecular weight excluding hydrogens is 270 g/mol. The molecule has 1 amide bonds. The minimum absolute atomic E-state index is 0.275. The maximum Gasteiger partial charge on any atom is 0.329 e. The molecule has 5 nitrogen and oxygen atoms in total. The Hall–Kier alpha value is -2.04. The second kappa shape index (κ2) is 6.16. The molecule has 5 heteroatoms. The highest BCUT2D eigenvalue weighted by atomic mass is 16.5. The molecule has 1 saturated heterocycles. The highest BCUT2D eigenvalue weighted by Crippen LogP contribution is 2.29. The number of benzene rings is 1. The third kappa shape index (κ3) is 3.17. The highest BCUT2D eigenvalue weighted by Gasteiger charge is 2.45. The third-order valence-electron chi connectivity index (χ3n) is 4.02. The van der Waals surface area contributed by atoms with E-state index in [0.29, 0.717) is 18.7 Å². The Labute approximate surface area is 124 Å². The summed E-state index contributed by atoms with van der Waals surface area (Å²) in [7, 11) is 0. The molecule has 0 spiro atoms. The van der Waals surface area contributed by atoms with E-state index in [9.17, 15) is 14.7 Å². The van der Waals surface area contributed by atoms with E-state index in [1.54, 1.807) is 26.0 Å². The van der Waals surface area contributed by atoms with E-state index in [2.05, 4.69) is 0 Å². The lowest BCUT2D eigenvalue weighted by molar-refractivity contribution is -0.163. The Morgan fingerprint density at radius 3 is 2.57 bits per heavy atom. The molecule has 1 fully saturated rings. The first kappa shape index (κ1) is 15.4. The van der Waals surface area contributed by atoms with Crippen molar-refractivity contribution in [2.45, 2.75) is 44.8 Å². The van der Waals surface area contributed by atoms with Gasteiger partial charge in [-0.1, -0.05) is 18.2 Å². The van der Waals surface area contributed by atoms with Crippen LogP contribution >= 0.6 is 0 Å². The maximum atomic E-state index is 12.6. The molecule has 114 valence electrons. The summed E-state index contributed by atoms with van der Waals surface area (Å²) < 4.78 is 5.62. The molecule has 0 radical (unpaired) electrons. The third-order valence-corrected chi connectivity index (χ3v) is 4.02. The molecule has 1 aromatic carbocycles. The molecular formula is C16H21NO4. The van der Waals surface area contributed by atoms with Crippen molar-refractivity contribution in [3.05, 3.63) is 30.3 Å². The average Bonchev–Trinajstić information content (AvgIpc) is 2.48. The quantitative estimate of drug-likeness (QED) is 0.924. The summed E-state index contributed by atoms with van der Waals surface area (Å²) in [5.41, 5.74) is -1.14. The molecule has 1 aromatic rings. The lowest BCUT2D eigenvalue weighted by atomic mass is 9.88. The van der Waals surface area contributed by atoms with Gasteiger partial charge < -0.3 is 14.7 Å². The SMILES string of the molecule is CC(Oc1ccccc1)C(=O)N1CCCCC1(C)C(=O)O. The molecule has 0 bridgehead atoms. The fourth-order valence-corrected chi connectivity index (χ4v) is 2.67. The van der Waals surface area contributed by atoms with Crippen molar-refractivity contribution in [1.29, 1.82) is 0 Å². The van der Waals surface area contributed by atoms with Gasteiger partial charge in [-0.05, 0) is 45.2 Å². The van der Waals surface area contributed by atoms with Gasteiger partial charge in [0.15, 0.2) is 6.10 Å². The number of piperidine rings is 1. The van der Waals surface area contributed by atoms with Crippen molar-refractivity contribution < 1.29 is 19.4 Å². The number of amides is 1. The first-order valence-electron chi connectivity index (χ1n) is 7.22. The zero-order chi connectivity index (χ0) is 15.5. The zero-order valence-electron chi connectivity index (χ0n) is 12.4. The molecule has 21 heavy (non-hydrogen) atoms. The minimum atomic E-state index is -1.14. The summed E-state index contributed by atoms with van der Waals surface area (Å²) in [4.78, 5) is 25.5. The Bertz CT molecular complexity index is 516. The van der Waals surface area contributed by atoms with Gasteiger partial charge in [-0.15, -0.1) is 0 Å². The molecule has 0 aliphatic carbocycles. The Morgan fingerprint density at radius 2 is 1.95 bits per heavy atom. The maximum absolute atomic E-state index is 12.6. The van der Waals surface area contributed by atoms with Gasteiger partial charge in [0.1, 0.15) is 11.3 Å². The molecule has 0 aromatic heterocycles. The Kier molecular flexibility index (Phi) is 4.50. The molecule has 1 aliphatic heterocycles. The van der Waals surface area contributed by atoms with Gasteiger partial charge in [-0.25, -0.2) is 4.79 Å². The van der Waals surface area contributed by atoms with Gasteiger partial charge in [0, 0.05) is 6.54 Å². The van der Waals surface area contributed by atoms with Crippen LogP contribution in [0.5, 0.6) is 5.75 Å². The number of rotatable bonds is 4. The van der Waals surface area contributed by atoms with Crippen LogP contribution in [0.3, 0.4) is 0 Å². The van der Waals surface area contributed by atoms with E-state index in [1.165, 1.54) is 4.90 Å². The Balaban J connectivity index is 2.12. The molecule has 2 atom stereocenters. The smallest absolute Gasteiger partial charge is 0.329 e. The van der Waals surface area contributed by atoms with E-state index >= 15 is 0 Å². The molecule has 2 unspecified atom stereocenters. The molecule has 2 rings (SSSR count). The van der Waals surface area contributed by atoms with Crippen LogP contribution in [0.25, 0.3) is 0 Å². The summed E-state index contributed by atoms with van der Waals surface area (Å²) in [5, 5.41) is 9.45. The molecule has 0 saturated carbocycles. The highest BCUT2D eigenvalue weighted by molar-refractivity contribution is 5.89. The first-order chi connectivity index (χ1) is 9.95. The fraction of sp³-hybridized carbons (Fsp3) is 0.500. The number of carboxylic acid groups (broad SMARTS) is 1. The van der Waals surface area contributed by atoms with E-state index in [0.717, 1.165) is 12.8 Å². The van der Waals surface area contributed by atoms with E-state index < -0.39 is 17.6 Å². The summed E-state index contributed by atoms with van der Waals surface area (Å²) in [6.07, 6.45) is 1.42. The number of nitrogens with zero attached hydrogens (tertiary/aromatic N) is 1. The molecule has 1 N–H and O–H groups in total. The summed E-state index contributed by atoms with van der Waals surface area (Å²) in [5.74, 6) is -0.627. The molecule has 1 aliphatic rings. The number of ether oxygens (including phenoxy) is 1. The summed E-state index contributed by atoms with van der Waals surface area (Å²) >= 11 is 0. The van der Waals surface area contributed by atoms with Crippen LogP contribution in [0.15, 0.2) is 30.3 Å². The van der Waals surface area contributed by atoms with Gasteiger partial charge in [0.05, 0.1) is 0 Å². The Morgan fingerprint density at radius 1 is 1.29 bits per heavy atom. The number of hydrogen-bond acceptors (Lipinski definition) is 3. The second-order valence-electron chi connectivity index (χ2n) is 5.60. The van der Waals surface area contributed by atoms with Crippen LogP contribution < -0.4 is 4.74 Å². The van der Waals surface area contributed by atoms with Crippen molar-refractivity contribution in [3.63, 3.8) is 0 Å². The van der Waals surface area contributed by atoms with Crippen LogP contribution in [-0.2, 0) is 9.59 Å². The van der Waals surface area contributed by atoms with Gasteiger partial charge in [0.25, 0.3) is 5.91 Å². The standard InChI is InChI=1S/C16H21NO4/c1-12(21-13-8-4-3-5-9-13)14(18)17-11-7-6-10-16(17,2)15(19)20/h3-5,8-9,12H,6-7,10-11H2,1-2H3,(H,19,20). The second-order valence-corrected chi connectivity index (χ2v) is 5.60.